The number of nitrogens with one attached hydrogen (secondary N) is 1. The molecular weight excluding hydrogens is 285 g/mol. The highest BCUT2D eigenvalue weighted by Crippen LogP contribution is 2.41. The zero-order valence-electron chi connectivity index (χ0n) is 11.9. The summed E-state index contributed by atoms with van der Waals surface area (Å²) in [6.45, 7) is 4.97. The molecule has 0 spiro atoms. The summed E-state index contributed by atoms with van der Waals surface area (Å²) in [7, 11) is 0. The first-order valence-electron chi connectivity index (χ1n) is 7.19. The molecule has 2 nitrogen and oxygen atoms in total. The van der Waals surface area contributed by atoms with E-state index in [2.05, 4.69) is 17.2 Å². The summed E-state index contributed by atoms with van der Waals surface area (Å²) in [6, 6.07) is 0. The maximum Gasteiger partial charge on any atom is 0.434 e. The van der Waals surface area contributed by atoms with Crippen molar-refractivity contribution in [3.05, 3.63) is 15.6 Å². The lowest BCUT2D eigenvalue weighted by Crippen LogP contribution is -2.16. The third-order valence-corrected chi connectivity index (χ3v) is 5.02. The summed E-state index contributed by atoms with van der Waals surface area (Å²) in [5.41, 5.74) is -0.684. The molecule has 1 N–H and O–H groups in total. The molecule has 0 radical (unpaired) electrons. The highest BCUT2D eigenvalue weighted by molar-refractivity contribution is 7.11. The summed E-state index contributed by atoms with van der Waals surface area (Å²) in [5, 5.41) is 3.65. The standard InChI is InChI=1S/C14H21F3N2S/c1-3-18-8-11-12(14(15,16)17)19-13(20-11)10-6-4-5-9(2)7-10/h9-10,18H,3-8H2,1-2H3. The van der Waals surface area contributed by atoms with E-state index in [0.29, 0.717) is 22.3 Å². The normalized spacial score (nSPS) is 24.1. The molecule has 0 saturated heterocycles. The molecule has 2 atom stereocenters. The predicted octanol–water partition coefficient (Wildman–Crippen LogP) is 4.57. The maximum absolute atomic E-state index is 13.0. The van der Waals surface area contributed by atoms with Crippen molar-refractivity contribution in [1.29, 1.82) is 0 Å². The van der Waals surface area contributed by atoms with E-state index in [1.165, 1.54) is 17.8 Å². The van der Waals surface area contributed by atoms with Gasteiger partial charge in [0.15, 0.2) is 5.69 Å². The Hall–Kier alpha value is -0.620. The van der Waals surface area contributed by atoms with Gasteiger partial charge in [0, 0.05) is 12.5 Å². The van der Waals surface area contributed by atoms with E-state index in [4.69, 9.17) is 0 Å². The van der Waals surface area contributed by atoms with Gasteiger partial charge in [-0.2, -0.15) is 13.2 Å². The fourth-order valence-electron chi connectivity index (χ4n) is 2.78. The van der Waals surface area contributed by atoms with E-state index in [1.54, 1.807) is 0 Å². The lowest BCUT2D eigenvalue weighted by molar-refractivity contribution is -0.141. The Bertz CT molecular complexity index is 442. The second kappa shape index (κ2) is 6.43. The Morgan fingerprint density at radius 2 is 2.10 bits per heavy atom. The average molecular weight is 306 g/mol. The molecule has 2 rings (SSSR count). The van der Waals surface area contributed by atoms with Crippen LogP contribution < -0.4 is 5.32 Å². The number of thiazole rings is 1. The summed E-state index contributed by atoms with van der Waals surface area (Å²) >= 11 is 1.24. The van der Waals surface area contributed by atoms with E-state index in [-0.39, 0.29) is 12.5 Å². The van der Waals surface area contributed by atoms with Crippen LogP contribution in [0, 0.1) is 5.92 Å². The summed E-state index contributed by atoms with van der Waals surface area (Å²) in [5.74, 6) is 0.796. The smallest absolute Gasteiger partial charge is 0.312 e. The maximum atomic E-state index is 13.0. The van der Waals surface area contributed by atoms with Gasteiger partial charge in [-0.05, 0) is 25.3 Å². The Morgan fingerprint density at radius 3 is 2.70 bits per heavy atom. The first-order valence-corrected chi connectivity index (χ1v) is 8.01. The zero-order valence-corrected chi connectivity index (χ0v) is 12.7. The van der Waals surface area contributed by atoms with Gasteiger partial charge in [-0.25, -0.2) is 4.98 Å². The van der Waals surface area contributed by atoms with Crippen molar-refractivity contribution >= 4 is 11.3 Å². The molecule has 1 heterocycles. The number of alkyl halides is 3. The highest BCUT2D eigenvalue weighted by Gasteiger charge is 2.38. The van der Waals surface area contributed by atoms with Gasteiger partial charge in [0.2, 0.25) is 0 Å². The topological polar surface area (TPSA) is 24.9 Å². The molecule has 114 valence electrons. The van der Waals surface area contributed by atoms with Crippen molar-refractivity contribution in [2.75, 3.05) is 6.54 Å². The van der Waals surface area contributed by atoms with Crippen molar-refractivity contribution in [2.45, 2.75) is 58.2 Å². The Morgan fingerprint density at radius 1 is 1.35 bits per heavy atom. The molecule has 1 aromatic heterocycles. The first-order chi connectivity index (χ1) is 9.41. The molecule has 0 aliphatic heterocycles. The van der Waals surface area contributed by atoms with E-state index in [1.807, 2.05) is 6.92 Å². The minimum atomic E-state index is -4.35. The third kappa shape index (κ3) is 3.73. The van der Waals surface area contributed by atoms with E-state index in [0.717, 1.165) is 19.3 Å². The average Bonchev–Trinajstić information content (AvgIpc) is 2.80. The number of rotatable bonds is 4. The Labute approximate surface area is 121 Å². The lowest BCUT2D eigenvalue weighted by atomic mass is 9.83. The van der Waals surface area contributed by atoms with Gasteiger partial charge >= 0.3 is 6.18 Å². The molecule has 1 fully saturated rings. The van der Waals surface area contributed by atoms with Crippen LogP contribution in [0.4, 0.5) is 13.2 Å². The van der Waals surface area contributed by atoms with Crippen LogP contribution in [0.15, 0.2) is 0 Å². The van der Waals surface area contributed by atoms with Crippen molar-refractivity contribution < 1.29 is 13.2 Å². The molecule has 1 aliphatic rings. The van der Waals surface area contributed by atoms with Gasteiger partial charge < -0.3 is 5.32 Å². The van der Waals surface area contributed by atoms with Crippen molar-refractivity contribution in [2.24, 2.45) is 5.92 Å². The fourth-order valence-corrected chi connectivity index (χ4v) is 3.99. The number of nitrogens with zero attached hydrogens (tertiary/aromatic N) is 1. The van der Waals surface area contributed by atoms with Crippen LogP contribution in [0.1, 0.15) is 61.0 Å². The number of aromatic nitrogens is 1. The van der Waals surface area contributed by atoms with Crippen molar-refractivity contribution in [1.82, 2.24) is 10.3 Å². The minimum absolute atomic E-state index is 0.209. The quantitative estimate of drug-likeness (QED) is 0.881. The van der Waals surface area contributed by atoms with E-state index >= 15 is 0 Å². The van der Waals surface area contributed by atoms with E-state index < -0.39 is 11.9 Å². The van der Waals surface area contributed by atoms with Gasteiger partial charge in [-0.1, -0.05) is 26.7 Å². The monoisotopic (exact) mass is 306 g/mol. The summed E-state index contributed by atoms with van der Waals surface area (Å²) in [4.78, 5) is 4.27. The first kappa shape index (κ1) is 15.8. The van der Waals surface area contributed by atoms with Gasteiger partial charge in [0.25, 0.3) is 0 Å². The predicted molar refractivity (Wildman–Crippen MR) is 74.9 cm³/mol. The molecule has 0 aromatic carbocycles. The van der Waals surface area contributed by atoms with Crippen LogP contribution in [0.3, 0.4) is 0 Å². The van der Waals surface area contributed by atoms with Gasteiger partial charge in [0.05, 0.1) is 9.88 Å². The van der Waals surface area contributed by atoms with Gasteiger partial charge in [0.1, 0.15) is 0 Å². The SMILES string of the molecule is CCNCc1sc(C2CCCC(C)C2)nc1C(F)(F)F. The minimum Gasteiger partial charge on any atom is -0.312 e. The molecule has 6 heteroatoms. The Kier molecular flexibility index (Phi) is 5.07. The van der Waals surface area contributed by atoms with E-state index in [9.17, 15) is 13.2 Å². The zero-order chi connectivity index (χ0) is 14.8. The molecule has 1 aromatic rings. The second-order valence-electron chi connectivity index (χ2n) is 5.57. The second-order valence-corrected chi connectivity index (χ2v) is 6.69. The third-order valence-electron chi connectivity index (χ3n) is 3.80. The molecule has 20 heavy (non-hydrogen) atoms. The fraction of sp³-hybridized carbons (Fsp3) is 0.786. The van der Waals surface area contributed by atoms with Crippen LogP contribution in [-0.4, -0.2) is 11.5 Å². The number of halogens is 3. The van der Waals surface area contributed by atoms with Crippen molar-refractivity contribution in [3.8, 4) is 0 Å². The summed E-state index contributed by atoms with van der Waals surface area (Å²) < 4.78 is 39.1. The van der Waals surface area contributed by atoms with Gasteiger partial charge in [-0.15, -0.1) is 11.3 Å². The molecule has 2 unspecified atom stereocenters. The number of hydrogen-bond donors (Lipinski definition) is 1. The van der Waals surface area contributed by atoms with Crippen LogP contribution in [-0.2, 0) is 12.7 Å². The number of hydrogen-bond acceptors (Lipinski definition) is 3. The highest BCUT2D eigenvalue weighted by atomic mass is 32.1. The molecular formula is C14H21F3N2S. The molecule has 1 saturated carbocycles. The molecule has 1 aliphatic carbocycles. The van der Waals surface area contributed by atoms with Gasteiger partial charge in [-0.3, -0.25) is 0 Å². The lowest BCUT2D eigenvalue weighted by Gasteiger charge is -2.24. The van der Waals surface area contributed by atoms with Crippen LogP contribution in [0.2, 0.25) is 0 Å². The largest absolute Gasteiger partial charge is 0.434 e. The summed E-state index contributed by atoms with van der Waals surface area (Å²) in [6.07, 6.45) is -0.144. The Balaban J connectivity index is 2.23. The molecule has 0 bridgehead atoms. The van der Waals surface area contributed by atoms with Crippen LogP contribution >= 0.6 is 11.3 Å². The molecule has 0 amide bonds. The van der Waals surface area contributed by atoms with Crippen LogP contribution in [0.5, 0.6) is 0 Å². The van der Waals surface area contributed by atoms with Crippen LogP contribution in [0.25, 0.3) is 0 Å². The van der Waals surface area contributed by atoms with Crippen molar-refractivity contribution in [3.63, 3.8) is 0 Å².